The van der Waals surface area contributed by atoms with Gasteiger partial charge in [-0.3, -0.25) is 4.79 Å². The molecule has 0 bridgehead atoms. The summed E-state index contributed by atoms with van der Waals surface area (Å²) < 4.78 is 14.2. The molecule has 0 saturated carbocycles. The molecule has 0 aliphatic heterocycles. The molecule has 0 aliphatic rings. The first-order valence-corrected chi connectivity index (χ1v) is 6.87. The average molecular weight is 308 g/mol. The maximum Gasteiger partial charge on any atom is 0.258 e. The summed E-state index contributed by atoms with van der Waals surface area (Å²) in [6, 6.07) is 6.50. The van der Waals surface area contributed by atoms with Gasteiger partial charge in [0.05, 0.1) is 5.56 Å². The number of amides is 1. The second kappa shape index (κ2) is 6.54. The van der Waals surface area contributed by atoms with Crippen molar-refractivity contribution in [3.63, 3.8) is 0 Å². The minimum Gasteiger partial charge on any atom is -0.368 e. The molecule has 2 N–H and O–H groups in total. The van der Waals surface area contributed by atoms with Crippen LogP contribution in [-0.2, 0) is 0 Å². The maximum absolute atomic E-state index is 14.2. The lowest BCUT2D eigenvalue weighted by Crippen LogP contribution is -2.16. The maximum atomic E-state index is 14.2. The second-order valence-corrected chi connectivity index (χ2v) is 4.83. The molecule has 0 atom stereocenters. The summed E-state index contributed by atoms with van der Waals surface area (Å²) in [6.45, 7) is 4.12. The number of hydrogen-bond acceptors (Lipinski definition) is 3. The summed E-state index contributed by atoms with van der Waals surface area (Å²) in [5.74, 6) is -1.15. The SMILES string of the molecule is CCNc1nccc(C(=O)Nc2cccc(Cl)c2C)c1F. The van der Waals surface area contributed by atoms with Gasteiger partial charge in [0.1, 0.15) is 0 Å². The number of rotatable bonds is 4. The molecule has 6 heteroatoms. The topological polar surface area (TPSA) is 54.0 Å². The van der Waals surface area contributed by atoms with Crippen LogP contribution in [0, 0.1) is 12.7 Å². The molecule has 1 aromatic carbocycles. The van der Waals surface area contributed by atoms with E-state index in [4.69, 9.17) is 11.6 Å². The van der Waals surface area contributed by atoms with Gasteiger partial charge in [-0.15, -0.1) is 0 Å². The van der Waals surface area contributed by atoms with Crippen molar-refractivity contribution in [2.75, 3.05) is 17.2 Å². The highest BCUT2D eigenvalue weighted by atomic mass is 35.5. The van der Waals surface area contributed by atoms with Gasteiger partial charge in [0, 0.05) is 23.5 Å². The molecular formula is C15H15ClFN3O. The Morgan fingerprint density at radius 1 is 1.38 bits per heavy atom. The Bertz CT molecular complexity index is 676. The number of pyridine rings is 1. The highest BCUT2D eigenvalue weighted by molar-refractivity contribution is 6.31. The Balaban J connectivity index is 2.29. The number of nitrogens with one attached hydrogen (secondary N) is 2. The van der Waals surface area contributed by atoms with Crippen LogP contribution in [0.3, 0.4) is 0 Å². The number of anilines is 2. The standard InChI is InChI=1S/C15H15ClFN3O/c1-3-18-14-13(17)10(7-8-19-14)15(21)20-12-6-4-5-11(16)9(12)2/h4-8H,3H2,1-2H3,(H,18,19)(H,20,21). The van der Waals surface area contributed by atoms with Crippen molar-refractivity contribution in [2.24, 2.45) is 0 Å². The molecule has 4 nitrogen and oxygen atoms in total. The van der Waals surface area contributed by atoms with Gasteiger partial charge in [-0.2, -0.15) is 0 Å². The van der Waals surface area contributed by atoms with Crippen LogP contribution in [-0.4, -0.2) is 17.4 Å². The largest absolute Gasteiger partial charge is 0.368 e. The minimum absolute atomic E-state index is 0.0629. The summed E-state index contributed by atoms with van der Waals surface area (Å²) in [7, 11) is 0. The first-order chi connectivity index (χ1) is 10.0. The first kappa shape index (κ1) is 15.3. The monoisotopic (exact) mass is 307 g/mol. The van der Waals surface area contributed by atoms with Crippen molar-refractivity contribution in [1.82, 2.24) is 4.98 Å². The van der Waals surface area contributed by atoms with Crippen molar-refractivity contribution in [2.45, 2.75) is 13.8 Å². The van der Waals surface area contributed by atoms with Gasteiger partial charge in [0.2, 0.25) is 0 Å². The quantitative estimate of drug-likeness (QED) is 0.901. The molecular weight excluding hydrogens is 293 g/mol. The van der Waals surface area contributed by atoms with E-state index in [1.54, 1.807) is 25.1 Å². The number of hydrogen-bond donors (Lipinski definition) is 2. The smallest absolute Gasteiger partial charge is 0.258 e. The van der Waals surface area contributed by atoms with Crippen LogP contribution >= 0.6 is 11.6 Å². The third kappa shape index (κ3) is 3.31. The van der Waals surface area contributed by atoms with Crippen LogP contribution in [0.1, 0.15) is 22.8 Å². The van der Waals surface area contributed by atoms with Gasteiger partial charge in [-0.25, -0.2) is 9.37 Å². The third-order valence-corrected chi connectivity index (χ3v) is 3.40. The lowest BCUT2D eigenvalue weighted by atomic mass is 10.1. The highest BCUT2D eigenvalue weighted by Crippen LogP contribution is 2.24. The van der Waals surface area contributed by atoms with Crippen LogP contribution in [0.5, 0.6) is 0 Å². The van der Waals surface area contributed by atoms with E-state index in [0.29, 0.717) is 17.3 Å². The molecule has 0 saturated heterocycles. The lowest BCUT2D eigenvalue weighted by molar-refractivity contribution is 0.102. The zero-order valence-corrected chi connectivity index (χ0v) is 12.5. The van der Waals surface area contributed by atoms with E-state index in [1.807, 2.05) is 6.92 Å². The van der Waals surface area contributed by atoms with Crippen LogP contribution in [0.25, 0.3) is 0 Å². The van der Waals surface area contributed by atoms with E-state index in [2.05, 4.69) is 15.6 Å². The lowest BCUT2D eigenvalue weighted by Gasteiger charge is -2.11. The van der Waals surface area contributed by atoms with Crippen molar-refractivity contribution >= 4 is 29.0 Å². The second-order valence-electron chi connectivity index (χ2n) is 4.42. The average Bonchev–Trinajstić information content (AvgIpc) is 2.46. The first-order valence-electron chi connectivity index (χ1n) is 6.49. The fraction of sp³-hybridized carbons (Fsp3) is 0.200. The van der Waals surface area contributed by atoms with Gasteiger partial charge < -0.3 is 10.6 Å². The summed E-state index contributed by atoms with van der Waals surface area (Å²) in [5.41, 5.74) is 1.21. The van der Waals surface area contributed by atoms with Gasteiger partial charge in [-0.1, -0.05) is 17.7 Å². The molecule has 1 amide bonds. The zero-order chi connectivity index (χ0) is 15.4. The number of aromatic nitrogens is 1. The van der Waals surface area contributed by atoms with Crippen molar-refractivity contribution in [3.05, 3.63) is 52.4 Å². The zero-order valence-electron chi connectivity index (χ0n) is 11.7. The van der Waals surface area contributed by atoms with E-state index in [-0.39, 0.29) is 11.4 Å². The Kier molecular flexibility index (Phi) is 4.75. The Morgan fingerprint density at radius 2 is 2.14 bits per heavy atom. The summed E-state index contributed by atoms with van der Waals surface area (Å²) in [5, 5.41) is 5.97. The summed E-state index contributed by atoms with van der Waals surface area (Å²) >= 11 is 6.00. The normalized spacial score (nSPS) is 10.3. The number of carbonyl (C=O) groups is 1. The summed E-state index contributed by atoms with van der Waals surface area (Å²) in [4.78, 5) is 16.1. The molecule has 0 unspecified atom stereocenters. The minimum atomic E-state index is -0.670. The number of halogens is 2. The molecule has 2 rings (SSSR count). The Morgan fingerprint density at radius 3 is 2.86 bits per heavy atom. The molecule has 21 heavy (non-hydrogen) atoms. The molecule has 0 fully saturated rings. The molecule has 0 aliphatic carbocycles. The predicted octanol–water partition coefficient (Wildman–Crippen LogP) is 3.87. The fourth-order valence-corrected chi connectivity index (χ4v) is 2.02. The van der Waals surface area contributed by atoms with E-state index in [9.17, 15) is 9.18 Å². The van der Waals surface area contributed by atoms with Crippen LogP contribution in [0.4, 0.5) is 15.9 Å². The Labute approximate surface area is 127 Å². The molecule has 0 spiro atoms. The molecule has 1 aromatic heterocycles. The van der Waals surface area contributed by atoms with E-state index >= 15 is 0 Å². The molecule has 110 valence electrons. The third-order valence-electron chi connectivity index (χ3n) is 2.99. The van der Waals surface area contributed by atoms with E-state index in [0.717, 1.165) is 5.56 Å². The van der Waals surface area contributed by atoms with Crippen molar-refractivity contribution in [1.29, 1.82) is 0 Å². The van der Waals surface area contributed by atoms with Crippen molar-refractivity contribution < 1.29 is 9.18 Å². The van der Waals surface area contributed by atoms with Crippen LogP contribution in [0.2, 0.25) is 5.02 Å². The Hall–Kier alpha value is -2.14. The predicted molar refractivity (Wildman–Crippen MR) is 82.5 cm³/mol. The van der Waals surface area contributed by atoms with Gasteiger partial charge in [-0.05, 0) is 37.6 Å². The molecule has 2 aromatic rings. The summed E-state index contributed by atoms with van der Waals surface area (Å²) in [6.07, 6.45) is 1.39. The number of nitrogens with zero attached hydrogens (tertiary/aromatic N) is 1. The fourth-order valence-electron chi connectivity index (χ4n) is 1.84. The van der Waals surface area contributed by atoms with Gasteiger partial charge >= 0.3 is 0 Å². The molecule has 0 radical (unpaired) electrons. The van der Waals surface area contributed by atoms with E-state index in [1.165, 1.54) is 12.3 Å². The van der Waals surface area contributed by atoms with Crippen LogP contribution < -0.4 is 10.6 Å². The van der Waals surface area contributed by atoms with E-state index < -0.39 is 11.7 Å². The highest BCUT2D eigenvalue weighted by Gasteiger charge is 2.16. The number of benzene rings is 1. The van der Waals surface area contributed by atoms with Crippen molar-refractivity contribution in [3.8, 4) is 0 Å². The molecule has 1 heterocycles. The van der Waals surface area contributed by atoms with Crippen LogP contribution in [0.15, 0.2) is 30.5 Å². The number of carbonyl (C=O) groups excluding carboxylic acids is 1. The van der Waals surface area contributed by atoms with Gasteiger partial charge in [0.15, 0.2) is 11.6 Å². The van der Waals surface area contributed by atoms with Gasteiger partial charge in [0.25, 0.3) is 5.91 Å².